The number of rotatable bonds is 6. The van der Waals surface area contributed by atoms with E-state index in [0.29, 0.717) is 39.5 Å². The van der Waals surface area contributed by atoms with Crippen molar-refractivity contribution < 1.29 is 5.11 Å². The first-order valence-corrected chi connectivity index (χ1v) is 8.59. The molecule has 3 N–H and O–H groups in total. The van der Waals surface area contributed by atoms with Gasteiger partial charge in [0.2, 0.25) is 0 Å². The summed E-state index contributed by atoms with van der Waals surface area (Å²) in [5, 5.41) is 11.9. The van der Waals surface area contributed by atoms with Gasteiger partial charge in [-0.2, -0.15) is 0 Å². The van der Waals surface area contributed by atoms with E-state index in [2.05, 4.69) is 0 Å². The maximum absolute atomic E-state index is 9.95. The summed E-state index contributed by atoms with van der Waals surface area (Å²) in [4.78, 5) is 0. The second-order valence-electron chi connectivity index (χ2n) is 5.71. The number of hydrogen-bond acceptors (Lipinski definition) is 2. The second-order valence-corrected chi connectivity index (χ2v) is 7.34. The molecule has 6 heteroatoms. The fourth-order valence-corrected chi connectivity index (χ4v) is 3.19. The minimum Gasteiger partial charge on any atom is -0.396 e. The molecule has 0 spiro atoms. The van der Waals surface area contributed by atoms with Gasteiger partial charge in [0.15, 0.2) is 0 Å². The zero-order valence-electron chi connectivity index (χ0n) is 12.3. The normalized spacial score (nSPS) is 11.7. The number of halogens is 4. The molecule has 2 rings (SSSR count). The monoisotopic (exact) mass is 391 g/mol. The summed E-state index contributed by atoms with van der Waals surface area (Å²) in [6.07, 6.45) is 1.16. The Hall–Kier alpha value is -0.480. The molecule has 0 radical (unpaired) electrons. The topological polar surface area (TPSA) is 46.2 Å². The largest absolute Gasteiger partial charge is 0.396 e. The molecule has 124 valence electrons. The van der Waals surface area contributed by atoms with Crippen LogP contribution in [0, 0.1) is 5.41 Å². The van der Waals surface area contributed by atoms with Crippen LogP contribution in [0.15, 0.2) is 36.4 Å². The molecule has 0 aliphatic carbocycles. The van der Waals surface area contributed by atoms with Crippen LogP contribution in [-0.2, 0) is 12.8 Å². The van der Waals surface area contributed by atoms with E-state index in [0.717, 1.165) is 11.1 Å². The Bertz CT molecular complexity index is 631. The number of benzene rings is 2. The van der Waals surface area contributed by atoms with Crippen molar-refractivity contribution in [1.29, 1.82) is 0 Å². The summed E-state index contributed by atoms with van der Waals surface area (Å²) in [5.41, 5.74) is 7.41. The molecule has 0 unspecified atom stereocenters. The van der Waals surface area contributed by atoms with Crippen molar-refractivity contribution in [3.05, 3.63) is 67.6 Å². The molecule has 2 aromatic rings. The van der Waals surface area contributed by atoms with Crippen molar-refractivity contribution >= 4 is 46.4 Å². The van der Waals surface area contributed by atoms with Crippen molar-refractivity contribution in [3.63, 3.8) is 0 Å². The molecule has 0 heterocycles. The van der Waals surface area contributed by atoms with E-state index in [1.54, 1.807) is 24.3 Å². The molecular formula is C17H17Cl4NO. The Morgan fingerprint density at radius 3 is 1.52 bits per heavy atom. The van der Waals surface area contributed by atoms with Gasteiger partial charge in [0.25, 0.3) is 0 Å². The highest BCUT2D eigenvalue weighted by molar-refractivity contribution is 6.42. The number of aliphatic hydroxyl groups excluding tert-OH is 1. The molecule has 0 aliphatic rings. The lowest BCUT2D eigenvalue weighted by molar-refractivity contribution is 0.131. The molecule has 0 fully saturated rings. The first-order valence-electron chi connectivity index (χ1n) is 7.08. The second kappa shape index (κ2) is 8.06. The third kappa shape index (κ3) is 4.76. The number of aliphatic hydroxyl groups is 1. The first kappa shape index (κ1) is 18.9. The van der Waals surface area contributed by atoms with E-state index >= 15 is 0 Å². The van der Waals surface area contributed by atoms with Gasteiger partial charge in [-0.1, -0.05) is 58.5 Å². The van der Waals surface area contributed by atoms with E-state index in [4.69, 9.17) is 52.1 Å². The molecule has 0 atom stereocenters. The lowest BCUT2D eigenvalue weighted by Crippen LogP contribution is -2.38. The van der Waals surface area contributed by atoms with Crippen LogP contribution in [0.3, 0.4) is 0 Å². The SMILES string of the molecule is NCC(CO)(Cc1ccc(Cl)c(Cl)c1)Cc1ccc(Cl)c(Cl)c1. The van der Waals surface area contributed by atoms with Crippen LogP contribution in [0.1, 0.15) is 11.1 Å². The highest BCUT2D eigenvalue weighted by Crippen LogP contribution is 2.32. The highest BCUT2D eigenvalue weighted by atomic mass is 35.5. The third-order valence-electron chi connectivity index (χ3n) is 3.89. The summed E-state index contributed by atoms with van der Waals surface area (Å²) in [7, 11) is 0. The first-order chi connectivity index (χ1) is 10.9. The predicted octanol–water partition coefficient (Wildman–Crippen LogP) is 5.02. The molecule has 2 aromatic carbocycles. The molecule has 23 heavy (non-hydrogen) atoms. The minimum atomic E-state index is -0.506. The molecule has 0 saturated heterocycles. The molecule has 2 nitrogen and oxygen atoms in total. The average Bonchev–Trinajstić information content (AvgIpc) is 2.54. The van der Waals surface area contributed by atoms with E-state index in [9.17, 15) is 5.11 Å². The van der Waals surface area contributed by atoms with Crippen molar-refractivity contribution in [2.24, 2.45) is 11.1 Å². The Balaban J connectivity index is 2.26. The summed E-state index contributed by atoms with van der Waals surface area (Å²) in [5.74, 6) is 0. The van der Waals surface area contributed by atoms with Crippen LogP contribution in [0.2, 0.25) is 20.1 Å². The van der Waals surface area contributed by atoms with Gasteiger partial charge in [-0.25, -0.2) is 0 Å². The number of hydrogen-bond donors (Lipinski definition) is 2. The summed E-state index contributed by atoms with van der Waals surface area (Å²) in [6, 6.07) is 10.9. The zero-order chi connectivity index (χ0) is 17.0. The molecular weight excluding hydrogens is 376 g/mol. The highest BCUT2D eigenvalue weighted by Gasteiger charge is 2.29. The maximum Gasteiger partial charge on any atom is 0.0595 e. The van der Waals surface area contributed by atoms with E-state index in [1.165, 1.54) is 0 Å². The molecule has 0 bridgehead atoms. The van der Waals surface area contributed by atoms with Gasteiger partial charge < -0.3 is 10.8 Å². The van der Waals surface area contributed by atoms with Crippen LogP contribution in [0.5, 0.6) is 0 Å². The molecule has 0 amide bonds. The van der Waals surface area contributed by atoms with E-state index in [1.807, 2.05) is 12.1 Å². The van der Waals surface area contributed by atoms with E-state index < -0.39 is 5.41 Å². The lowest BCUT2D eigenvalue weighted by Gasteiger charge is -2.31. The number of nitrogens with two attached hydrogens (primary N) is 1. The van der Waals surface area contributed by atoms with Crippen molar-refractivity contribution in [2.45, 2.75) is 12.8 Å². The van der Waals surface area contributed by atoms with Gasteiger partial charge in [0, 0.05) is 12.0 Å². The van der Waals surface area contributed by atoms with Gasteiger partial charge in [0.1, 0.15) is 0 Å². The maximum atomic E-state index is 9.95. The summed E-state index contributed by atoms with van der Waals surface area (Å²) >= 11 is 24.0. The van der Waals surface area contributed by atoms with Gasteiger partial charge >= 0.3 is 0 Å². The van der Waals surface area contributed by atoms with Crippen LogP contribution in [0.25, 0.3) is 0 Å². The lowest BCUT2D eigenvalue weighted by atomic mass is 9.77. The fourth-order valence-electron chi connectivity index (χ4n) is 2.55. The van der Waals surface area contributed by atoms with Crippen molar-refractivity contribution in [3.8, 4) is 0 Å². The van der Waals surface area contributed by atoms with Gasteiger partial charge in [0.05, 0.1) is 26.7 Å². The van der Waals surface area contributed by atoms with Crippen LogP contribution < -0.4 is 5.73 Å². The smallest absolute Gasteiger partial charge is 0.0595 e. The van der Waals surface area contributed by atoms with Gasteiger partial charge in [-0.05, 0) is 48.2 Å². The standard InChI is InChI=1S/C17H17Cl4NO/c18-13-3-1-11(5-15(13)20)7-17(9-22,10-23)8-12-2-4-14(19)16(21)6-12/h1-6,23H,7-10,22H2. The van der Waals surface area contributed by atoms with Crippen LogP contribution >= 0.6 is 46.4 Å². The predicted molar refractivity (Wildman–Crippen MR) is 98.9 cm³/mol. The average molecular weight is 393 g/mol. The van der Waals surface area contributed by atoms with E-state index in [-0.39, 0.29) is 6.61 Å². The Morgan fingerprint density at radius 2 is 1.22 bits per heavy atom. The molecule has 0 aromatic heterocycles. The van der Waals surface area contributed by atoms with Gasteiger partial charge in [-0.15, -0.1) is 0 Å². The minimum absolute atomic E-state index is 0.0516. The third-order valence-corrected chi connectivity index (χ3v) is 5.37. The van der Waals surface area contributed by atoms with Crippen molar-refractivity contribution in [2.75, 3.05) is 13.2 Å². The summed E-state index contributed by atoms with van der Waals surface area (Å²) < 4.78 is 0. The Labute approximate surface area is 156 Å². The van der Waals surface area contributed by atoms with Crippen molar-refractivity contribution in [1.82, 2.24) is 0 Å². The quantitative estimate of drug-likeness (QED) is 0.724. The fraction of sp³-hybridized carbons (Fsp3) is 0.294. The van der Waals surface area contributed by atoms with Crippen LogP contribution in [0.4, 0.5) is 0 Å². The summed E-state index contributed by atoms with van der Waals surface area (Å²) in [6.45, 7) is 0.272. The Kier molecular flexibility index (Phi) is 6.61. The van der Waals surface area contributed by atoms with Crippen LogP contribution in [-0.4, -0.2) is 18.3 Å². The molecule has 0 saturated carbocycles. The van der Waals surface area contributed by atoms with Gasteiger partial charge in [-0.3, -0.25) is 0 Å². The molecule has 0 aliphatic heterocycles. The zero-order valence-corrected chi connectivity index (χ0v) is 15.4. The Morgan fingerprint density at radius 1 is 0.783 bits per heavy atom.